The topological polar surface area (TPSA) is 74.0 Å². The van der Waals surface area contributed by atoms with E-state index in [4.69, 9.17) is 18.6 Å². The summed E-state index contributed by atoms with van der Waals surface area (Å²) in [6.07, 6.45) is 0.914. The molecule has 1 aromatic heterocycles. The predicted octanol–water partition coefficient (Wildman–Crippen LogP) is 0.484. The highest BCUT2D eigenvalue weighted by atomic mass is 16.6. The Morgan fingerprint density at radius 1 is 1.40 bits per heavy atom. The van der Waals surface area contributed by atoms with Gasteiger partial charge in [0, 0.05) is 28.2 Å². The van der Waals surface area contributed by atoms with Crippen LogP contribution in [0.4, 0.5) is 0 Å². The van der Waals surface area contributed by atoms with E-state index >= 15 is 0 Å². The van der Waals surface area contributed by atoms with Crippen molar-refractivity contribution in [3.8, 4) is 0 Å². The zero-order valence-electron chi connectivity index (χ0n) is 12.2. The number of rotatable bonds is 4. The van der Waals surface area contributed by atoms with Gasteiger partial charge in [0.15, 0.2) is 11.6 Å². The number of carbonyl (C=O) groups is 1. The van der Waals surface area contributed by atoms with Crippen LogP contribution in [0.3, 0.4) is 0 Å². The molecule has 0 radical (unpaired) electrons. The molecule has 0 spiro atoms. The second-order valence-corrected chi connectivity index (χ2v) is 4.75. The minimum Gasteiger partial charge on any atom is -0.448 e. The van der Waals surface area contributed by atoms with Gasteiger partial charge in [0.05, 0.1) is 19.3 Å². The molecule has 1 amide bonds. The molecule has 7 heteroatoms. The molecule has 1 aromatic rings. The molecule has 0 N–H and O–H groups in total. The molecule has 3 atom stereocenters. The van der Waals surface area contributed by atoms with Crippen LogP contribution in [0, 0.1) is 6.92 Å². The maximum atomic E-state index is 12.4. The van der Waals surface area contributed by atoms with Crippen molar-refractivity contribution >= 4 is 5.91 Å². The first-order chi connectivity index (χ1) is 9.58. The number of methoxy groups -OCH3 is 2. The molecule has 0 aromatic carbocycles. The van der Waals surface area contributed by atoms with Crippen molar-refractivity contribution in [2.45, 2.75) is 25.2 Å². The van der Waals surface area contributed by atoms with Gasteiger partial charge in [-0.3, -0.25) is 4.79 Å². The van der Waals surface area contributed by atoms with E-state index in [1.165, 1.54) is 6.26 Å². The summed E-state index contributed by atoms with van der Waals surface area (Å²) >= 11 is 0. The first-order valence-corrected chi connectivity index (χ1v) is 6.41. The van der Waals surface area contributed by atoms with Crippen molar-refractivity contribution in [3.05, 3.63) is 17.8 Å². The molecule has 0 unspecified atom stereocenters. The van der Waals surface area contributed by atoms with Gasteiger partial charge >= 0.3 is 0 Å². The summed E-state index contributed by atoms with van der Waals surface area (Å²) < 4.78 is 21.4. The van der Waals surface area contributed by atoms with Crippen LogP contribution in [0.15, 0.2) is 10.7 Å². The lowest BCUT2D eigenvalue weighted by Crippen LogP contribution is -2.57. The minimum absolute atomic E-state index is 0.201. The first kappa shape index (κ1) is 15.0. The lowest BCUT2D eigenvalue weighted by atomic mass is 10.0. The van der Waals surface area contributed by atoms with Gasteiger partial charge in [-0.1, -0.05) is 0 Å². The fraction of sp³-hybridized carbons (Fsp3) is 0.692. The summed E-state index contributed by atoms with van der Waals surface area (Å²) in [4.78, 5) is 18.0. The number of likely N-dealkylation sites (N-methyl/N-ethyl adjacent to an activating group) is 1. The van der Waals surface area contributed by atoms with Gasteiger partial charge in [-0.05, 0) is 0 Å². The molecule has 112 valence electrons. The van der Waals surface area contributed by atoms with E-state index in [0.717, 1.165) is 0 Å². The highest BCUT2D eigenvalue weighted by molar-refractivity contribution is 5.92. The standard InChI is InChI=1S/C13H20N2O5/c1-8-14-9(5-20-8)13(16)15(2)10-6-19-7-11(17-3)12(10)18-4/h5,10-12H,6-7H2,1-4H3/t10-,11-,12+/m1/s1. The van der Waals surface area contributed by atoms with E-state index in [-0.39, 0.29) is 29.9 Å². The van der Waals surface area contributed by atoms with E-state index in [9.17, 15) is 4.79 Å². The summed E-state index contributed by atoms with van der Waals surface area (Å²) in [5, 5.41) is 0. The van der Waals surface area contributed by atoms with E-state index in [0.29, 0.717) is 19.1 Å². The van der Waals surface area contributed by atoms with E-state index in [1.807, 2.05) is 0 Å². The number of hydrogen-bond donors (Lipinski definition) is 0. The number of oxazole rings is 1. The average molecular weight is 284 g/mol. The second kappa shape index (κ2) is 6.34. The van der Waals surface area contributed by atoms with Crippen molar-refractivity contribution in [1.82, 2.24) is 9.88 Å². The predicted molar refractivity (Wildman–Crippen MR) is 69.5 cm³/mol. The summed E-state index contributed by atoms with van der Waals surface area (Å²) in [7, 11) is 4.91. The second-order valence-electron chi connectivity index (χ2n) is 4.75. The zero-order valence-corrected chi connectivity index (χ0v) is 12.2. The first-order valence-electron chi connectivity index (χ1n) is 6.41. The number of carbonyl (C=O) groups excluding carboxylic acids is 1. The summed E-state index contributed by atoms with van der Waals surface area (Å²) in [6.45, 7) is 2.55. The van der Waals surface area contributed by atoms with Gasteiger partial charge in [0.1, 0.15) is 18.5 Å². The fourth-order valence-corrected chi connectivity index (χ4v) is 2.38. The molecule has 1 fully saturated rings. The van der Waals surface area contributed by atoms with Crippen LogP contribution in [-0.2, 0) is 14.2 Å². The molecule has 20 heavy (non-hydrogen) atoms. The van der Waals surface area contributed by atoms with Crippen molar-refractivity contribution in [2.75, 3.05) is 34.5 Å². The zero-order chi connectivity index (χ0) is 14.7. The Bertz CT molecular complexity index is 461. The van der Waals surface area contributed by atoms with Crippen LogP contribution in [0.25, 0.3) is 0 Å². The molecule has 2 heterocycles. The number of amides is 1. The number of aryl methyl sites for hydroxylation is 1. The van der Waals surface area contributed by atoms with E-state index < -0.39 is 0 Å². The van der Waals surface area contributed by atoms with Gasteiger partial charge in [0.25, 0.3) is 5.91 Å². The quantitative estimate of drug-likeness (QED) is 0.801. The van der Waals surface area contributed by atoms with Crippen molar-refractivity contribution in [1.29, 1.82) is 0 Å². The Morgan fingerprint density at radius 3 is 2.70 bits per heavy atom. The Morgan fingerprint density at radius 2 is 2.15 bits per heavy atom. The normalized spacial score (nSPS) is 26.5. The van der Waals surface area contributed by atoms with E-state index in [2.05, 4.69) is 4.98 Å². The van der Waals surface area contributed by atoms with Crippen LogP contribution in [0.5, 0.6) is 0 Å². The molecule has 1 saturated heterocycles. The van der Waals surface area contributed by atoms with Crippen molar-refractivity contribution < 1.29 is 23.4 Å². The molecule has 7 nitrogen and oxygen atoms in total. The number of nitrogens with zero attached hydrogens (tertiary/aromatic N) is 2. The smallest absolute Gasteiger partial charge is 0.275 e. The lowest BCUT2D eigenvalue weighted by molar-refractivity contribution is -0.147. The SMILES string of the molecule is CO[C@H]1[C@H](N(C)C(=O)c2coc(C)n2)COC[C@H]1OC. The fourth-order valence-electron chi connectivity index (χ4n) is 2.38. The van der Waals surface area contributed by atoms with Crippen LogP contribution >= 0.6 is 0 Å². The van der Waals surface area contributed by atoms with Crippen LogP contribution < -0.4 is 0 Å². The molecule has 2 rings (SSSR count). The van der Waals surface area contributed by atoms with Gasteiger partial charge in [-0.25, -0.2) is 4.98 Å². The number of hydrogen-bond acceptors (Lipinski definition) is 6. The third-order valence-corrected chi connectivity index (χ3v) is 3.55. The lowest BCUT2D eigenvalue weighted by Gasteiger charge is -2.40. The maximum absolute atomic E-state index is 12.4. The molecule has 0 bridgehead atoms. The van der Waals surface area contributed by atoms with Gasteiger partial charge in [-0.15, -0.1) is 0 Å². The number of ether oxygens (including phenoxy) is 3. The largest absolute Gasteiger partial charge is 0.448 e. The van der Waals surface area contributed by atoms with Gasteiger partial charge in [0.2, 0.25) is 0 Å². The molecule has 1 aliphatic rings. The molecular formula is C13H20N2O5. The van der Waals surface area contributed by atoms with Crippen molar-refractivity contribution in [2.24, 2.45) is 0 Å². The van der Waals surface area contributed by atoms with Gasteiger partial charge in [-0.2, -0.15) is 0 Å². The van der Waals surface area contributed by atoms with Crippen molar-refractivity contribution in [3.63, 3.8) is 0 Å². The van der Waals surface area contributed by atoms with E-state index in [1.54, 1.807) is 33.1 Å². The number of aromatic nitrogens is 1. The summed E-state index contributed by atoms with van der Waals surface area (Å²) in [6, 6.07) is -0.233. The van der Waals surface area contributed by atoms with Crippen LogP contribution in [0.1, 0.15) is 16.4 Å². The summed E-state index contributed by atoms with van der Waals surface area (Å²) in [5.74, 6) is 0.231. The Balaban J connectivity index is 2.14. The average Bonchev–Trinajstić information content (AvgIpc) is 2.91. The van der Waals surface area contributed by atoms with Gasteiger partial charge < -0.3 is 23.5 Å². The highest BCUT2D eigenvalue weighted by Crippen LogP contribution is 2.20. The highest BCUT2D eigenvalue weighted by Gasteiger charge is 2.39. The minimum atomic E-state index is -0.240. The molecule has 1 aliphatic heterocycles. The summed E-state index contributed by atoms with van der Waals surface area (Å²) in [5.41, 5.74) is 0.277. The van der Waals surface area contributed by atoms with Crippen LogP contribution in [0.2, 0.25) is 0 Å². The third kappa shape index (κ3) is 2.84. The monoisotopic (exact) mass is 284 g/mol. The molecule has 0 aliphatic carbocycles. The van der Waals surface area contributed by atoms with Crippen LogP contribution in [-0.4, -0.2) is 68.5 Å². The maximum Gasteiger partial charge on any atom is 0.275 e. The molecular weight excluding hydrogens is 264 g/mol. The Labute approximate surface area is 117 Å². The molecule has 0 saturated carbocycles. The Hall–Kier alpha value is -1.44. The Kier molecular flexibility index (Phi) is 4.74. The third-order valence-electron chi connectivity index (χ3n) is 3.55.